The number of ether oxygens (including phenoxy) is 1. The Morgan fingerprint density at radius 2 is 1.58 bits per heavy atom. The van der Waals surface area contributed by atoms with Gasteiger partial charge in [-0.05, 0) is 74.4 Å². The maximum atomic E-state index is 13.0. The topological polar surface area (TPSA) is 67.4 Å². The number of hydrogen-bond acceptors (Lipinski definition) is 3. The van der Waals surface area contributed by atoms with Crippen LogP contribution in [0.4, 0.5) is 5.69 Å². The van der Waals surface area contributed by atoms with Crippen LogP contribution in [0.3, 0.4) is 0 Å². The predicted octanol–water partition coefficient (Wildman–Crippen LogP) is 5.46. The number of carbonyl (C=O) groups is 2. The minimum Gasteiger partial charge on any atom is -0.481 e. The summed E-state index contributed by atoms with van der Waals surface area (Å²) in [6.07, 6.45) is 3.66. The van der Waals surface area contributed by atoms with E-state index in [0.29, 0.717) is 11.3 Å². The van der Waals surface area contributed by atoms with Gasteiger partial charge in [-0.25, -0.2) is 0 Å². The Morgan fingerprint density at radius 1 is 0.848 bits per heavy atom. The molecule has 2 amide bonds. The van der Waals surface area contributed by atoms with E-state index in [1.54, 1.807) is 31.2 Å². The van der Waals surface area contributed by atoms with Crippen LogP contribution in [0.2, 0.25) is 0 Å². The molecule has 5 heteroatoms. The van der Waals surface area contributed by atoms with E-state index >= 15 is 0 Å². The molecule has 2 atom stereocenters. The lowest BCUT2D eigenvalue weighted by Gasteiger charge is -2.22. The SMILES string of the molecule is C[C@@H](Oc1cccc2c1CCCC2)C(=O)Nc1ccccc1C(=O)N[C@H](C)c1ccccc1. The maximum absolute atomic E-state index is 13.0. The summed E-state index contributed by atoms with van der Waals surface area (Å²) in [5.74, 6) is 0.241. The van der Waals surface area contributed by atoms with Crippen molar-refractivity contribution in [2.45, 2.75) is 51.7 Å². The summed E-state index contributed by atoms with van der Waals surface area (Å²) < 4.78 is 6.06. The molecule has 1 aliphatic carbocycles. The second-order valence-corrected chi connectivity index (χ2v) is 8.50. The van der Waals surface area contributed by atoms with E-state index in [-0.39, 0.29) is 17.9 Å². The molecule has 0 radical (unpaired) electrons. The highest BCUT2D eigenvalue weighted by molar-refractivity contribution is 6.04. The van der Waals surface area contributed by atoms with Gasteiger partial charge >= 0.3 is 0 Å². The van der Waals surface area contributed by atoms with E-state index in [9.17, 15) is 9.59 Å². The van der Waals surface area contributed by atoms with Crippen LogP contribution in [0.5, 0.6) is 5.75 Å². The molecule has 0 spiro atoms. The number of rotatable bonds is 7. The molecule has 5 nitrogen and oxygen atoms in total. The van der Waals surface area contributed by atoms with Gasteiger partial charge in [-0.15, -0.1) is 0 Å². The van der Waals surface area contributed by atoms with Crippen LogP contribution >= 0.6 is 0 Å². The van der Waals surface area contributed by atoms with Crippen LogP contribution in [0, 0.1) is 0 Å². The van der Waals surface area contributed by atoms with Gasteiger partial charge in [-0.1, -0.05) is 54.6 Å². The first-order chi connectivity index (χ1) is 16.0. The first kappa shape index (κ1) is 22.6. The molecule has 3 aromatic rings. The molecule has 0 saturated carbocycles. The summed E-state index contributed by atoms with van der Waals surface area (Å²) in [5, 5.41) is 5.89. The zero-order valence-corrected chi connectivity index (χ0v) is 19.1. The lowest BCUT2D eigenvalue weighted by molar-refractivity contribution is -0.122. The third-order valence-electron chi connectivity index (χ3n) is 6.10. The highest BCUT2D eigenvalue weighted by Crippen LogP contribution is 2.30. The van der Waals surface area contributed by atoms with Crippen molar-refractivity contribution in [3.8, 4) is 5.75 Å². The van der Waals surface area contributed by atoms with Crippen LogP contribution in [-0.4, -0.2) is 17.9 Å². The Kier molecular flexibility index (Phi) is 7.08. The molecule has 33 heavy (non-hydrogen) atoms. The van der Waals surface area contributed by atoms with Crippen LogP contribution < -0.4 is 15.4 Å². The summed E-state index contributed by atoms with van der Waals surface area (Å²) in [7, 11) is 0. The molecule has 0 aliphatic heterocycles. The predicted molar refractivity (Wildman–Crippen MR) is 131 cm³/mol. The molecule has 0 aromatic heterocycles. The van der Waals surface area contributed by atoms with Gasteiger partial charge in [0, 0.05) is 0 Å². The number of amides is 2. The average molecular weight is 443 g/mol. The van der Waals surface area contributed by atoms with Crippen molar-refractivity contribution in [3.63, 3.8) is 0 Å². The fourth-order valence-electron chi connectivity index (χ4n) is 4.22. The van der Waals surface area contributed by atoms with Crippen molar-refractivity contribution in [1.82, 2.24) is 5.32 Å². The van der Waals surface area contributed by atoms with Gasteiger partial charge in [0.2, 0.25) is 0 Å². The normalized spacial score (nSPS) is 14.5. The molecule has 0 saturated heterocycles. The van der Waals surface area contributed by atoms with E-state index in [2.05, 4.69) is 16.7 Å². The molecular weight excluding hydrogens is 412 g/mol. The van der Waals surface area contributed by atoms with Gasteiger partial charge < -0.3 is 15.4 Å². The number of nitrogens with one attached hydrogen (secondary N) is 2. The van der Waals surface area contributed by atoms with Gasteiger partial charge in [0.1, 0.15) is 5.75 Å². The first-order valence-electron chi connectivity index (χ1n) is 11.6. The van der Waals surface area contributed by atoms with Crippen molar-refractivity contribution in [1.29, 1.82) is 0 Å². The van der Waals surface area contributed by atoms with E-state index in [1.807, 2.05) is 49.4 Å². The second-order valence-electron chi connectivity index (χ2n) is 8.50. The van der Waals surface area contributed by atoms with Crippen LogP contribution in [0.1, 0.15) is 59.8 Å². The van der Waals surface area contributed by atoms with E-state index in [0.717, 1.165) is 30.6 Å². The monoisotopic (exact) mass is 442 g/mol. The quantitative estimate of drug-likeness (QED) is 0.510. The van der Waals surface area contributed by atoms with Gasteiger partial charge in [0.05, 0.1) is 17.3 Å². The molecule has 4 rings (SSSR count). The van der Waals surface area contributed by atoms with E-state index in [4.69, 9.17) is 4.74 Å². The standard InChI is InChI=1S/C28H30N2O3/c1-19(21-11-4-3-5-12-21)29-28(32)24-16-8-9-17-25(24)30-27(31)20(2)33-26-18-10-14-22-13-6-7-15-23(22)26/h3-5,8-12,14,16-20H,6-7,13,15H2,1-2H3,(H,29,32)(H,30,31)/t19-,20-/m1/s1. The van der Waals surface area contributed by atoms with Crippen LogP contribution in [0.25, 0.3) is 0 Å². The van der Waals surface area contributed by atoms with Gasteiger partial charge in [-0.3, -0.25) is 9.59 Å². The van der Waals surface area contributed by atoms with Crippen molar-refractivity contribution < 1.29 is 14.3 Å². The van der Waals surface area contributed by atoms with Gasteiger partial charge in [0.25, 0.3) is 11.8 Å². The third-order valence-corrected chi connectivity index (χ3v) is 6.10. The molecular formula is C28H30N2O3. The summed E-state index contributed by atoms with van der Waals surface area (Å²) in [5.41, 5.74) is 4.41. The summed E-state index contributed by atoms with van der Waals surface area (Å²) >= 11 is 0. The van der Waals surface area contributed by atoms with Crippen LogP contribution in [-0.2, 0) is 17.6 Å². The molecule has 0 unspecified atom stereocenters. The number of aryl methyl sites for hydroxylation is 1. The second kappa shape index (κ2) is 10.3. The number of anilines is 1. The van der Waals surface area contributed by atoms with Crippen LogP contribution in [0.15, 0.2) is 72.8 Å². The Hall–Kier alpha value is -3.60. The minimum absolute atomic E-state index is 0.158. The van der Waals surface area contributed by atoms with Crippen molar-refractivity contribution in [3.05, 3.63) is 95.1 Å². The van der Waals surface area contributed by atoms with Gasteiger partial charge in [0.15, 0.2) is 6.10 Å². The fourth-order valence-corrected chi connectivity index (χ4v) is 4.22. The zero-order chi connectivity index (χ0) is 23.2. The summed E-state index contributed by atoms with van der Waals surface area (Å²) in [4.78, 5) is 25.9. The number of hydrogen-bond donors (Lipinski definition) is 2. The van der Waals surface area contributed by atoms with Crippen molar-refractivity contribution >= 4 is 17.5 Å². The average Bonchev–Trinajstić information content (AvgIpc) is 2.85. The first-order valence-corrected chi connectivity index (χ1v) is 11.6. The maximum Gasteiger partial charge on any atom is 0.265 e. The minimum atomic E-state index is -0.696. The summed E-state index contributed by atoms with van der Waals surface area (Å²) in [6.45, 7) is 3.67. The molecule has 170 valence electrons. The number of fused-ring (bicyclic) bond motifs is 1. The Morgan fingerprint density at radius 3 is 2.39 bits per heavy atom. The lowest BCUT2D eigenvalue weighted by Crippen LogP contribution is -2.32. The van der Waals surface area contributed by atoms with Crippen molar-refractivity contribution in [2.75, 3.05) is 5.32 Å². The zero-order valence-electron chi connectivity index (χ0n) is 19.1. The number of benzene rings is 3. The Balaban J connectivity index is 1.44. The molecule has 0 fully saturated rings. The number of para-hydroxylation sites is 1. The largest absolute Gasteiger partial charge is 0.481 e. The highest BCUT2D eigenvalue weighted by atomic mass is 16.5. The molecule has 0 bridgehead atoms. The fraction of sp³-hybridized carbons (Fsp3) is 0.286. The highest BCUT2D eigenvalue weighted by Gasteiger charge is 2.22. The smallest absolute Gasteiger partial charge is 0.265 e. The van der Waals surface area contributed by atoms with Crippen molar-refractivity contribution in [2.24, 2.45) is 0 Å². The summed E-state index contributed by atoms with van der Waals surface area (Å²) in [6, 6.07) is 22.7. The molecule has 1 aliphatic rings. The number of carbonyl (C=O) groups excluding carboxylic acids is 2. The Labute approximate surface area is 195 Å². The third kappa shape index (κ3) is 5.43. The van der Waals surface area contributed by atoms with E-state index < -0.39 is 6.10 Å². The van der Waals surface area contributed by atoms with Gasteiger partial charge in [-0.2, -0.15) is 0 Å². The molecule has 0 heterocycles. The lowest BCUT2D eigenvalue weighted by atomic mass is 9.91. The molecule has 3 aromatic carbocycles. The Bertz CT molecular complexity index is 1130. The van der Waals surface area contributed by atoms with E-state index in [1.165, 1.54) is 17.5 Å². The molecule has 2 N–H and O–H groups in total.